The molecule has 1 aromatic rings. The van der Waals surface area contributed by atoms with Gasteiger partial charge in [0.05, 0.1) is 11.3 Å². The van der Waals surface area contributed by atoms with Crippen molar-refractivity contribution in [1.82, 2.24) is 10.2 Å². The minimum Gasteiger partial charge on any atom is -0.320 e. The van der Waals surface area contributed by atoms with E-state index in [-0.39, 0.29) is 19.0 Å². The maximum absolute atomic E-state index is 13.3. The SMILES string of the molecule is CC(C)(CN1C(=O)CNC1c1cccc(F)c1)S(C)(=O)=O. The number of hydrogen-bond acceptors (Lipinski definition) is 4. The van der Waals surface area contributed by atoms with Crippen LogP contribution in [0.2, 0.25) is 0 Å². The Kier molecular flexibility index (Phi) is 4.08. The van der Waals surface area contributed by atoms with Crippen molar-refractivity contribution < 1.29 is 17.6 Å². The molecule has 1 aliphatic heterocycles. The molecule has 0 aliphatic carbocycles. The smallest absolute Gasteiger partial charge is 0.238 e. The van der Waals surface area contributed by atoms with Crippen molar-refractivity contribution in [3.05, 3.63) is 35.6 Å². The van der Waals surface area contributed by atoms with Gasteiger partial charge < -0.3 is 4.90 Å². The van der Waals surface area contributed by atoms with E-state index in [0.717, 1.165) is 6.26 Å². The van der Waals surface area contributed by atoms with Gasteiger partial charge in [-0.1, -0.05) is 12.1 Å². The standard InChI is InChI=1S/C14H19FN2O3S/c1-14(2,21(3,19)20)9-17-12(18)8-16-13(17)10-5-4-6-11(15)7-10/h4-7,13,16H,8-9H2,1-3H3. The molecule has 1 fully saturated rings. The van der Waals surface area contributed by atoms with Crippen molar-refractivity contribution in [2.24, 2.45) is 0 Å². The number of nitrogens with one attached hydrogen (secondary N) is 1. The third kappa shape index (κ3) is 3.24. The van der Waals surface area contributed by atoms with Crippen LogP contribution in [0.3, 0.4) is 0 Å². The van der Waals surface area contributed by atoms with Gasteiger partial charge >= 0.3 is 0 Å². The molecule has 116 valence electrons. The molecule has 21 heavy (non-hydrogen) atoms. The second-order valence-corrected chi connectivity index (χ2v) is 8.54. The summed E-state index contributed by atoms with van der Waals surface area (Å²) < 4.78 is 35.9. The molecule has 1 saturated heterocycles. The second kappa shape index (κ2) is 5.38. The first-order valence-electron chi connectivity index (χ1n) is 6.60. The Morgan fingerprint density at radius 2 is 2.10 bits per heavy atom. The molecule has 1 aliphatic rings. The highest BCUT2D eigenvalue weighted by molar-refractivity contribution is 7.92. The van der Waals surface area contributed by atoms with Gasteiger partial charge in [-0.2, -0.15) is 0 Å². The lowest BCUT2D eigenvalue weighted by Crippen LogP contribution is -2.46. The molecule has 7 heteroatoms. The van der Waals surface area contributed by atoms with Gasteiger partial charge in [0.25, 0.3) is 0 Å². The van der Waals surface area contributed by atoms with Crippen molar-refractivity contribution in [1.29, 1.82) is 0 Å². The van der Waals surface area contributed by atoms with Crippen molar-refractivity contribution >= 4 is 15.7 Å². The molecule has 2 rings (SSSR count). The van der Waals surface area contributed by atoms with E-state index >= 15 is 0 Å². The summed E-state index contributed by atoms with van der Waals surface area (Å²) in [5.74, 6) is -0.586. The third-order valence-electron chi connectivity index (χ3n) is 3.80. The van der Waals surface area contributed by atoms with E-state index in [1.165, 1.54) is 17.0 Å². The topological polar surface area (TPSA) is 66.5 Å². The second-order valence-electron chi connectivity index (χ2n) is 5.89. The minimum atomic E-state index is -3.32. The number of nitrogens with zero attached hydrogens (tertiary/aromatic N) is 1. The molecule has 1 heterocycles. The number of sulfone groups is 1. The average molecular weight is 314 g/mol. The Balaban J connectivity index is 2.30. The molecule has 1 amide bonds. The summed E-state index contributed by atoms with van der Waals surface area (Å²) in [4.78, 5) is 13.5. The summed E-state index contributed by atoms with van der Waals surface area (Å²) in [5, 5.41) is 2.99. The van der Waals surface area contributed by atoms with Crippen LogP contribution in [0, 0.1) is 5.82 Å². The molecule has 1 N–H and O–H groups in total. The van der Waals surface area contributed by atoms with E-state index in [1.807, 2.05) is 0 Å². The fourth-order valence-corrected chi connectivity index (χ4v) is 2.59. The van der Waals surface area contributed by atoms with Crippen LogP contribution in [-0.4, -0.2) is 43.3 Å². The fraction of sp³-hybridized carbons (Fsp3) is 0.500. The summed E-state index contributed by atoms with van der Waals surface area (Å²) in [6, 6.07) is 5.94. The predicted octanol–water partition coefficient (Wildman–Crippen LogP) is 1.08. The summed E-state index contributed by atoms with van der Waals surface area (Å²) >= 11 is 0. The Labute approximate surface area is 124 Å². The highest BCUT2D eigenvalue weighted by Gasteiger charge is 2.39. The number of halogens is 1. The Morgan fingerprint density at radius 3 is 2.67 bits per heavy atom. The average Bonchev–Trinajstić information content (AvgIpc) is 2.69. The van der Waals surface area contributed by atoms with Crippen LogP contribution in [0.4, 0.5) is 4.39 Å². The zero-order valence-corrected chi connectivity index (χ0v) is 13.1. The van der Waals surface area contributed by atoms with Gasteiger partial charge in [0.1, 0.15) is 12.0 Å². The Hall–Kier alpha value is -1.47. The number of amides is 1. The van der Waals surface area contributed by atoms with Crippen LogP contribution < -0.4 is 5.32 Å². The minimum absolute atomic E-state index is 0.0544. The first-order valence-corrected chi connectivity index (χ1v) is 8.49. The van der Waals surface area contributed by atoms with Gasteiger partial charge in [0.15, 0.2) is 9.84 Å². The molecular weight excluding hydrogens is 295 g/mol. The first kappa shape index (κ1) is 15.9. The number of rotatable bonds is 4. The van der Waals surface area contributed by atoms with Crippen LogP contribution >= 0.6 is 0 Å². The molecule has 1 aromatic carbocycles. The van der Waals surface area contributed by atoms with E-state index < -0.39 is 26.6 Å². The monoisotopic (exact) mass is 314 g/mol. The quantitative estimate of drug-likeness (QED) is 0.903. The first-order chi connectivity index (χ1) is 9.62. The normalized spacial score (nSPS) is 20.1. The summed E-state index contributed by atoms with van der Waals surface area (Å²) in [6.07, 6.45) is 0.646. The number of carbonyl (C=O) groups is 1. The number of hydrogen-bond donors (Lipinski definition) is 1. The van der Waals surface area contributed by atoms with Crippen LogP contribution in [0.1, 0.15) is 25.6 Å². The van der Waals surface area contributed by atoms with Gasteiger partial charge in [-0.25, -0.2) is 12.8 Å². The fourth-order valence-electron chi connectivity index (χ4n) is 2.22. The predicted molar refractivity (Wildman–Crippen MR) is 77.8 cm³/mol. The Morgan fingerprint density at radius 1 is 1.43 bits per heavy atom. The van der Waals surface area contributed by atoms with E-state index in [4.69, 9.17) is 0 Å². The highest BCUT2D eigenvalue weighted by Crippen LogP contribution is 2.27. The molecule has 0 aromatic heterocycles. The molecular formula is C14H19FN2O3S. The van der Waals surface area contributed by atoms with E-state index in [2.05, 4.69) is 5.32 Å². The van der Waals surface area contributed by atoms with Crippen molar-refractivity contribution in [3.8, 4) is 0 Å². The molecule has 0 spiro atoms. The summed E-state index contributed by atoms with van der Waals surface area (Å²) in [7, 11) is -3.32. The summed E-state index contributed by atoms with van der Waals surface area (Å²) in [5.41, 5.74) is 0.602. The van der Waals surface area contributed by atoms with Crippen LogP contribution in [-0.2, 0) is 14.6 Å². The Bertz CT molecular complexity index is 658. The van der Waals surface area contributed by atoms with Crippen LogP contribution in [0.15, 0.2) is 24.3 Å². The molecule has 5 nitrogen and oxygen atoms in total. The van der Waals surface area contributed by atoms with E-state index in [0.29, 0.717) is 5.56 Å². The molecule has 0 saturated carbocycles. The number of benzene rings is 1. The van der Waals surface area contributed by atoms with Crippen molar-refractivity contribution in [3.63, 3.8) is 0 Å². The van der Waals surface area contributed by atoms with Gasteiger partial charge in [-0.05, 0) is 31.5 Å². The molecule has 1 atom stereocenters. The van der Waals surface area contributed by atoms with Crippen LogP contribution in [0.5, 0.6) is 0 Å². The van der Waals surface area contributed by atoms with E-state index in [1.54, 1.807) is 26.0 Å². The zero-order chi connectivity index (χ0) is 15.8. The van der Waals surface area contributed by atoms with Gasteiger partial charge in [0, 0.05) is 12.8 Å². The third-order valence-corrected chi connectivity index (χ3v) is 5.93. The van der Waals surface area contributed by atoms with Gasteiger partial charge in [0.2, 0.25) is 5.91 Å². The molecule has 0 bridgehead atoms. The molecule has 1 unspecified atom stereocenters. The van der Waals surface area contributed by atoms with Gasteiger partial charge in [-0.15, -0.1) is 0 Å². The summed E-state index contributed by atoms with van der Waals surface area (Å²) in [6.45, 7) is 3.33. The maximum atomic E-state index is 13.3. The lowest BCUT2D eigenvalue weighted by atomic mass is 10.1. The zero-order valence-electron chi connectivity index (χ0n) is 12.3. The van der Waals surface area contributed by atoms with Crippen molar-refractivity contribution in [2.75, 3.05) is 19.3 Å². The van der Waals surface area contributed by atoms with E-state index in [9.17, 15) is 17.6 Å². The largest absolute Gasteiger partial charge is 0.320 e. The van der Waals surface area contributed by atoms with Crippen molar-refractivity contribution in [2.45, 2.75) is 24.8 Å². The highest BCUT2D eigenvalue weighted by atomic mass is 32.2. The lowest BCUT2D eigenvalue weighted by Gasteiger charge is -2.32. The van der Waals surface area contributed by atoms with Crippen LogP contribution in [0.25, 0.3) is 0 Å². The molecule has 0 radical (unpaired) electrons. The lowest BCUT2D eigenvalue weighted by molar-refractivity contribution is -0.128. The van der Waals surface area contributed by atoms with Gasteiger partial charge in [-0.3, -0.25) is 10.1 Å². The number of carbonyl (C=O) groups excluding carboxylic acids is 1. The maximum Gasteiger partial charge on any atom is 0.238 e.